The average Bonchev–Trinajstić information content (AvgIpc) is 2.57. The number of aryl methyl sites for hydroxylation is 1. The van der Waals surface area contributed by atoms with Gasteiger partial charge in [-0.25, -0.2) is 0 Å². The van der Waals surface area contributed by atoms with Crippen molar-refractivity contribution in [1.29, 1.82) is 0 Å². The molecular weight excluding hydrogens is 328 g/mol. The fourth-order valence-corrected chi connectivity index (χ4v) is 2.74. The summed E-state index contributed by atoms with van der Waals surface area (Å²) < 4.78 is 5.76. The molecule has 0 radical (unpaired) electrons. The number of amides is 2. The smallest absolute Gasteiger partial charge is 0.267 e. The van der Waals surface area contributed by atoms with Crippen LogP contribution in [0.2, 0.25) is 5.02 Å². The molecule has 24 heavy (non-hydrogen) atoms. The van der Waals surface area contributed by atoms with E-state index in [1.54, 1.807) is 35.2 Å². The zero-order chi connectivity index (χ0) is 17.3. The van der Waals surface area contributed by atoms with Crippen molar-refractivity contribution in [3.8, 4) is 5.75 Å². The summed E-state index contributed by atoms with van der Waals surface area (Å²) in [6.45, 7) is 3.52. The van der Waals surface area contributed by atoms with Gasteiger partial charge in [-0.05, 0) is 36.8 Å². The maximum Gasteiger partial charge on any atom is 0.267 e. The van der Waals surface area contributed by atoms with Gasteiger partial charge in [0.2, 0.25) is 5.91 Å². The lowest BCUT2D eigenvalue weighted by Crippen LogP contribution is -2.48. The number of fused-ring (bicyclic) bond motifs is 1. The van der Waals surface area contributed by atoms with E-state index in [1.165, 1.54) is 6.92 Å². The highest BCUT2D eigenvalue weighted by atomic mass is 35.5. The molecule has 0 spiro atoms. The number of para-hydroxylation sites is 2. The van der Waals surface area contributed by atoms with Gasteiger partial charge in [0.1, 0.15) is 5.75 Å². The van der Waals surface area contributed by atoms with Crippen molar-refractivity contribution in [3.63, 3.8) is 0 Å². The molecule has 1 N–H and O–H groups in total. The Kier molecular flexibility index (Phi) is 4.44. The number of halogens is 1. The topological polar surface area (TPSA) is 58.6 Å². The third kappa shape index (κ3) is 3.21. The molecule has 6 heteroatoms. The summed E-state index contributed by atoms with van der Waals surface area (Å²) >= 11 is 6.08. The van der Waals surface area contributed by atoms with Crippen LogP contribution in [0, 0.1) is 6.92 Å². The quantitative estimate of drug-likeness (QED) is 0.908. The minimum atomic E-state index is -0.788. The van der Waals surface area contributed by atoms with E-state index in [-0.39, 0.29) is 18.4 Å². The van der Waals surface area contributed by atoms with E-state index in [9.17, 15) is 9.59 Å². The highest BCUT2D eigenvalue weighted by Gasteiger charge is 2.32. The average molecular weight is 345 g/mol. The number of ether oxygens (including phenoxy) is 1. The molecule has 0 bridgehead atoms. The van der Waals surface area contributed by atoms with Crippen molar-refractivity contribution in [1.82, 2.24) is 0 Å². The van der Waals surface area contributed by atoms with Gasteiger partial charge in [0.25, 0.3) is 5.91 Å². The number of hydrogen-bond donors (Lipinski definition) is 1. The normalized spacial score (nSPS) is 16.1. The van der Waals surface area contributed by atoms with Crippen LogP contribution in [-0.4, -0.2) is 24.5 Å². The van der Waals surface area contributed by atoms with Crippen LogP contribution >= 0.6 is 11.6 Å². The molecule has 2 aromatic carbocycles. The highest BCUT2D eigenvalue weighted by molar-refractivity contribution is 6.31. The molecule has 2 aromatic rings. The number of benzene rings is 2. The minimum Gasteiger partial charge on any atom is -0.476 e. The summed E-state index contributed by atoms with van der Waals surface area (Å²) in [5.74, 6) is 0.0543. The molecule has 0 saturated heterocycles. The van der Waals surface area contributed by atoms with E-state index in [0.29, 0.717) is 22.1 Å². The number of nitrogens with one attached hydrogen (secondary N) is 1. The molecule has 0 aromatic heterocycles. The Morgan fingerprint density at radius 1 is 1.25 bits per heavy atom. The van der Waals surface area contributed by atoms with Gasteiger partial charge >= 0.3 is 0 Å². The van der Waals surface area contributed by atoms with Gasteiger partial charge in [-0.2, -0.15) is 0 Å². The molecule has 2 amide bonds. The summed E-state index contributed by atoms with van der Waals surface area (Å²) in [4.78, 5) is 26.0. The van der Waals surface area contributed by atoms with E-state index in [4.69, 9.17) is 16.3 Å². The highest BCUT2D eigenvalue weighted by Crippen LogP contribution is 2.33. The zero-order valence-electron chi connectivity index (χ0n) is 13.4. The Morgan fingerprint density at radius 3 is 2.71 bits per heavy atom. The van der Waals surface area contributed by atoms with Crippen LogP contribution in [0.3, 0.4) is 0 Å². The van der Waals surface area contributed by atoms with Gasteiger partial charge in [-0.15, -0.1) is 0 Å². The largest absolute Gasteiger partial charge is 0.476 e. The fraction of sp³-hybridized carbons (Fsp3) is 0.222. The number of rotatable bonds is 2. The molecular formula is C18H17ClN2O3. The summed E-state index contributed by atoms with van der Waals surface area (Å²) in [6, 6.07) is 12.5. The molecule has 5 nitrogen and oxygen atoms in total. The molecule has 3 rings (SSSR count). The predicted octanol–water partition coefficient (Wildman–Crippen LogP) is 3.40. The zero-order valence-corrected chi connectivity index (χ0v) is 14.1. The van der Waals surface area contributed by atoms with Crippen LogP contribution in [0.4, 0.5) is 11.4 Å². The van der Waals surface area contributed by atoms with Crippen LogP contribution in [0.1, 0.15) is 12.5 Å². The molecule has 0 fully saturated rings. The van der Waals surface area contributed by atoms with Gasteiger partial charge < -0.3 is 15.0 Å². The molecule has 0 aliphatic carbocycles. The van der Waals surface area contributed by atoms with Crippen LogP contribution in [0.25, 0.3) is 0 Å². The first-order chi connectivity index (χ1) is 11.5. The molecule has 1 aliphatic rings. The van der Waals surface area contributed by atoms with Crippen LogP contribution in [0.15, 0.2) is 42.5 Å². The molecule has 1 heterocycles. The SMILES string of the molecule is CC(=O)N1CC(C(=O)Nc2ccc(C)c(Cl)c2)Oc2ccccc21. The van der Waals surface area contributed by atoms with Crippen molar-refractivity contribution < 1.29 is 14.3 Å². The van der Waals surface area contributed by atoms with Crippen LogP contribution < -0.4 is 15.0 Å². The second-order valence-electron chi connectivity index (χ2n) is 5.66. The molecule has 1 aliphatic heterocycles. The third-order valence-corrected chi connectivity index (χ3v) is 4.29. The number of carbonyl (C=O) groups excluding carboxylic acids is 2. The standard InChI is InChI=1S/C18H17ClN2O3/c1-11-7-8-13(9-14(11)19)20-18(23)17-10-21(12(2)22)15-5-3-4-6-16(15)24-17/h3-9,17H,10H2,1-2H3,(H,20,23). The second-order valence-corrected chi connectivity index (χ2v) is 6.06. The molecule has 1 unspecified atom stereocenters. The summed E-state index contributed by atoms with van der Waals surface area (Å²) in [5, 5.41) is 3.36. The second kappa shape index (κ2) is 6.53. The number of nitrogens with zero attached hydrogens (tertiary/aromatic N) is 1. The van der Waals surface area contributed by atoms with E-state index in [0.717, 1.165) is 5.56 Å². The lowest BCUT2D eigenvalue weighted by molar-refractivity contribution is -0.123. The molecule has 124 valence electrons. The maximum atomic E-state index is 12.5. The first kappa shape index (κ1) is 16.3. The first-order valence-corrected chi connectivity index (χ1v) is 7.94. The van der Waals surface area contributed by atoms with E-state index in [1.807, 2.05) is 19.1 Å². The Morgan fingerprint density at radius 2 is 2.00 bits per heavy atom. The Labute approximate surface area is 145 Å². The monoisotopic (exact) mass is 344 g/mol. The lowest BCUT2D eigenvalue weighted by atomic mass is 10.1. The summed E-state index contributed by atoms with van der Waals surface area (Å²) in [5.41, 5.74) is 2.19. The number of hydrogen-bond acceptors (Lipinski definition) is 3. The lowest BCUT2D eigenvalue weighted by Gasteiger charge is -2.33. The Hall–Kier alpha value is -2.53. The van der Waals surface area contributed by atoms with E-state index < -0.39 is 6.10 Å². The molecule has 1 atom stereocenters. The third-order valence-electron chi connectivity index (χ3n) is 3.89. The van der Waals surface area contributed by atoms with E-state index in [2.05, 4.69) is 5.32 Å². The van der Waals surface area contributed by atoms with Crippen molar-refractivity contribution in [2.75, 3.05) is 16.8 Å². The van der Waals surface area contributed by atoms with Crippen molar-refractivity contribution in [2.24, 2.45) is 0 Å². The van der Waals surface area contributed by atoms with Gasteiger partial charge in [0.05, 0.1) is 12.2 Å². The number of carbonyl (C=O) groups is 2. The van der Waals surface area contributed by atoms with Crippen molar-refractivity contribution in [3.05, 3.63) is 53.1 Å². The summed E-state index contributed by atoms with van der Waals surface area (Å²) in [6.07, 6.45) is -0.788. The van der Waals surface area contributed by atoms with Gasteiger partial charge in [0.15, 0.2) is 6.10 Å². The Bertz CT molecular complexity index is 807. The Balaban J connectivity index is 1.81. The van der Waals surface area contributed by atoms with Gasteiger partial charge in [-0.1, -0.05) is 29.8 Å². The maximum absolute atomic E-state index is 12.5. The fourth-order valence-electron chi connectivity index (χ4n) is 2.56. The van der Waals surface area contributed by atoms with E-state index >= 15 is 0 Å². The number of anilines is 2. The van der Waals surface area contributed by atoms with Crippen molar-refractivity contribution in [2.45, 2.75) is 20.0 Å². The van der Waals surface area contributed by atoms with Crippen LogP contribution in [-0.2, 0) is 9.59 Å². The predicted molar refractivity (Wildman–Crippen MR) is 93.7 cm³/mol. The van der Waals surface area contributed by atoms with Crippen molar-refractivity contribution >= 4 is 34.8 Å². The van der Waals surface area contributed by atoms with Crippen LogP contribution in [0.5, 0.6) is 5.75 Å². The molecule has 0 saturated carbocycles. The summed E-state index contributed by atoms with van der Waals surface area (Å²) in [7, 11) is 0. The first-order valence-electron chi connectivity index (χ1n) is 7.56. The van der Waals surface area contributed by atoms with Gasteiger partial charge in [-0.3, -0.25) is 9.59 Å². The van der Waals surface area contributed by atoms with Gasteiger partial charge in [0, 0.05) is 17.6 Å². The minimum absolute atomic E-state index is 0.137.